The summed E-state index contributed by atoms with van der Waals surface area (Å²) >= 11 is 3.36. The SMILES string of the molecule is CC(CC(=O)O)C(N)c1cccc(Br)c1. The lowest BCUT2D eigenvalue weighted by Crippen LogP contribution is -2.21. The average molecular weight is 272 g/mol. The highest BCUT2D eigenvalue weighted by Crippen LogP contribution is 2.24. The van der Waals surface area contributed by atoms with Gasteiger partial charge in [0.05, 0.1) is 0 Å². The zero-order valence-corrected chi connectivity index (χ0v) is 10.1. The van der Waals surface area contributed by atoms with Crippen molar-refractivity contribution in [3.05, 3.63) is 34.3 Å². The minimum atomic E-state index is -0.812. The summed E-state index contributed by atoms with van der Waals surface area (Å²) in [4.78, 5) is 10.5. The van der Waals surface area contributed by atoms with Crippen molar-refractivity contribution in [3.8, 4) is 0 Å². The Bertz CT molecular complexity index is 354. The van der Waals surface area contributed by atoms with Crippen molar-refractivity contribution < 1.29 is 9.90 Å². The van der Waals surface area contributed by atoms with Crippen molar-refractivity contribution in [3.63, 3.8) is 0 Å². The summed E-state index contributed by atoms with van der Waals surface area (Å²) in [5.74, 6) is -0.884. The van der Waals surface area contributed by atoms with Gasteiger partial charge in [0.1, 0.15) is 0 Å². The van der Waals surface area contributed by atoms with Crippen LogP contribution in [0, 0.1) is 5.92 Å². The van der Waals surface area contributed by atoms with Gasteiger partial charge in [-0.3, -0.25) is 4.79 Å². The van der Waals surface area contributed by atoms with Crippen molar-refractivity contribution in [2.75, 3.05) is 0 Å². The summed E-state index contributed by atoms with van der Waals surface area (Å²) in [5.41, 5.74) is 6.93. The second-order valence-corrected chi connectivity index (χ2v) is 4.57. The molecular weight excluding hydrogens is 258 g/mol. The molecule has 0 heterocycles. The van der Waals surface area contributed by atoms with Crippen LogP contribution in [-0.2, 0) is 4.79 Å². The molecule has 1 aromatic rings. The molecule has 0 radical (unpaired) electrons. The van der Waals surface area contributed by atoms with Gasteiger partial charge in [-0.15, -0.1) is 0 Å². The van der Waals surface area contributed by atoms with E-state index < -0.39 is 5.97 Å². The molecule has 0 aliphatic heterocycles. The molecule has 15 heavy (non-hydrogen) atoms. The number of nitrogens with two attached hydrogens (primary N) is 1. The maximum Gasteiger partial charge on any atom is 0.303 e. The maximum atomic E-state index is 10.5. The third-order valence-electron chi connectivity index (χ3n) is 2.34. The van der Waals surface area contributed by atoms with Gasteiger partial charge in [-0.2, -0.15) is 0 Å². The van der Waals surface area contributed by atoms with E-state index in [0.29, 0.717) is 0 Å². The van der Waals surface area contributed by atoms with E-state index in [1.54, 1.807) is 0 Å². The highest BCUT2D eigenvalue weighted by atomic mass is 79.9. The number of hydrogen-bond acceptors (Lipinski definition) is 2. The van der Waals surface area contributed by atoms with E-state index >= 15 is 0 Å². The molecule has 1 rings (SSSR count). The van der Waals surface area contributed by atoms with E-state index in [1.165, 1.54) is 0 Å². The van der Waals surface area contributed by atoms with Gasteiger partial charge in [-0.05, 0) is 23.6 Å². The summed E-state index contributed by atoms with van der Waals surface area (Å²) in [7, 11) is 0. The maximum absolute atomic E-state index is 10.5. The van der Waals surface area contributed by atoms with Crippen LogP contribution in [0.3, 0.4) is 0 Å². The topological polar surface area (TPSA) is 63.3 Å². The van der Waals surface area contributed by atoms with E-state index in [4.69, 9.17) is 10.8 Å². The monoisotopic (exact) mass is 271 g/mol. The zero-order valence-electron chi connectivity index (χ0n) is 8.48. The number of carboxylic acid groups (broad SMARTS) is 1. The molecule has 0 spiro atoms. The van der Waals surface area contributed by atoms with Crippen LogP contribution < -0.4 is 5.73 Å². The van der Waals surface area contributed by atoms with Gasteiger partial charge >= 0.3 is 5.97 Å². The van der Waals surface area contributed by atoms with Crippen molar-refractivity contribution in [2.45, 2.75) is 19.4 Å². The predicted octanol–water partition coefficient (Wildman–Crippen LogP) is 2.56. The van der Waals surface area contributed by atoms with Crippen LogP contribution in [0.25, 0.3) is 0 Å². The van der Waals surface area contributed by atoms with Gasteiger partial charge in [-0.1, -0.05) is 35.0 Å². The lowest BCUT2D eigenvalue weighted by Gasteiger charge is -2.18. The van der Waals surface area contributed by atoms with Crippen LogP contribution in [0.4, 0.5) is 0 Å². The first-order valence-corrected chi connectivity index (χ1v) is 5.53. The fraction of sp³-hybridized carbons (Fsp3) is 0.364. The molecule has 0 saturated carbocycles. The van der Waals surface area contributed by atoms with Gasteiger partial charge in [0.15, 0.2) is 0 Å². The summed E-state index contributed by atoms with van der Waals surface area (Å²) in [6, 6.07) is 7.40. The number of hydrogen-bond donors (Lipinski definition) is 2. The summed E-state index contributed by atoms with van der Waals surface area (Å²) in [6.07, 6.45) is 0.0910. The first-order valence-electron chi connectivity index (χ1n) is 4.73. The highest BCUT2D eigenvalue weighted by Gasteiger charge is 2.17. The molecule has 2 atom stereocenters. The van der Waals surface area contributed by atoms with E-state index in [-0.39, 0.29) is 18.4 Å². The number of rotatable bonds is 4. The fourth-order valence-corrected chi connectivity index (χ4v) is 1.86. The second kappa shape index (κ2) is 5.28. The van der Waals surface area contributed by atoms with Crippen LogP contribution in [0.2, 0.25) is 0 Å². The molecule has 0 bridgehead atoms. The summed E-state index contributed by atoms with van der Waals surface area (Å²) in [5, 5.41) is 8.67. The minimum Gasteiger partial charge on any atom is -0.481 e. The molecule has 0 aromatic heterocycles. The molecule has 0 fully saturated rings. The molecule has 4 heteroatoms. The Morgan fingerprint density at radius 3 is 2.80 bits per heavy atom. The standard InChI is InChI=1S/C11H14BrNO2/c1-7(5-10(14)15)11(13)8-3-2-4-9(12)6-8/h2-4,6-7,11H,5,13H2,1H3,(H,14,15). The molecular formula is C11H14BrNO2. The Labute approximate surface area is 97.4 Å². The zero-order chi connectivity index (χ0) is 11.4. The number of carboxylic acids is 1. The molecule has 0 saturated heterocycles. The lowest BCUT2D eigenvalue weighted by molar-refractivity contribution is -0.138. The van der Waals surface area contributed by atoms with Crippen molar-refractivity contribution >= 4 is 21.9 Å². The van der Waals surface area contributed by atoms with Crippen LogP contribution in [-0.4, -0.2) is 11.1 Å². The lowest BCUT2D eigenvalue weighted by atomic mass is 9.93. The molecule has 1 aromatic carbocycles. The average Bonchev–Trinajstić information content (AvgIpc) is 2.15. The fourth-order valence-electron chi connectivity index (χ4n) is 1.44. The van der Waals surface area contributed by atoms with Crippen LogP contribution in [0.15, 0.2) is 28.7 Å². The number of aliphatic carboxylic acids is 1. The van der Waals surface area contributed by atoms with Crippen molar-refractivity contribution in [2.24, 2.45) is 11.7 Å². The molecule has 0 amide bonds. The van der Waals surface area contributed by atoms with Crippen molar-refractivity contribution in [1.82, 2.24) is 0 Å². The number of benzene rings is 1. The third kappa shape index (κ3) is 3.64. The van der Waals surface area contributed by atoms with Crippen LogP contribution >= 0.6 is 15.9 Å². The van der Waals surface area contributed by atoms with Crippen molar-refractivity contribution in [1.29, 1.82) is 0 Å². The van der Waals surface area contributed by atoms with Crippen LogP contribution in [0.5, 0.6) is 0 Å². The number of carbonyl (C=O) groups is 1. The van der Waals surface area contributed by atoms with Gasteiger partial charge in [0, 0.05) is 16.9 Å². The Morgan fingerprint density at radius 2 is 2.27 bits per heavy atom. The van der Waals surface area contributed by atoms with Gasteiger partial charge < -0.3 is 10.8 Å². The predicted molar refractivity (Wildman–Crippen MR) is 62.5 cm³/mol. The summed E-state index contributed by atoms with van der Waals surface area (Å²) in [6.45, 7) is 1.85. The molecule has 0 aliphatic rings. The molecule has 82 valence electrons. The smallest absolute Gasteiger partial charge is 0.303 e. The van der Waals surface area contributed by atoms with E-state index in [1.807, 2.05) is 31.2 Å². The number of halogens is 1. The van der Waals surface area contributed by atoms with Crippen LogP contribution in [0.1, 0.15) is 24.9 Å². The molecule has 3 N–H and O–H groups in total. The quantitative estimate of drug-likeness (QED) is 0.885. The Kier molecular flexibility index (Phi) is 4.29. The van der Waals surface area contributed by atoms with E-state index in [9.17, 15) is 4.79 Å². The Hall–Kier alpha value is -0.870. The molecule has 0 aliphatic carbocycles. The summed E-state index contributed by atoms with van der Waals surface area (Å²) < 4.78 is 0.956. The normalized spacial score (nSPS) is 14.6. The van der Waals surface area contributed by atoms with Gasteiger partial charge in [-0.25, -0.2) is 0 Å². The van der Waals surface area contributed by atoms with Gasteiger partial charge in [0.2, 0.25) is 0 Å². The second-order valence-electron chi connectivity index (χ2n) is 3.66. The minimum absolute atomic E-state index is 0.0724. The Morgan fingerprint density at radius 1 is 1.60 bits per heavy atom. The largest absolute Gasteiger partial charge is 0.481 e. The first kappa shape index (κ1) is 12.2. The molecule has 3 nitrogen and oxygen atoms in total. The Balaban J connectivity index is 2.75. The van der Waals surface area contributed by atoms with Gasteiger partial charge in [0.25, 0.3) is 0 Å². The van der Waals surface area contributed by atoms with E-state index in [0.717, 1.165) is 10.0 Å². The first-order chi connectivity index (χ1) is 7.00. The van der Waals surface area contributed by atoms with E-state index in [2.05, 4.69) is 15.9 Å². The molecule has 2 unspecified atom stereocenters. The highest BCUT2D eigenvalue weighted by molar-refractivity contribution is 9.10. The third-order valence-corrected chi connectivity index (χ3v) is 2.84.